The summed E-state index contributed by atoms with van der Waals surface area (Å²) in [5, 5.41) is 37.1. The van der Waals surface area contributed by atoms with Crippen LogP contribution in [-0.2, 0) is 24.3 Å². The molecule has 340 valence electrons. The lowest BCUT2D eigenvalue weighted by molar-refractivity contribution is -0.384. The minimum Gasteiger partial charge on any atom is -0.460 e. The van der Waals surface area contributed by atoms with Crippen LogP contribution in [0.1, 0.15) is 75.7 Å². The number of unbranched alkanes of at least 4 members (excludes halogenated alkanes) is 2. The van der Waals surface area contributed by atoms with Crippen LogP contribution < -0.4 is 9.47 Å². The van der Waals surface area contributed by atoms with Crippen molar-refractivity contribution in [1.29, 1.82) is 0 Å². The molecule has 16 heteroatoms. The van der Waals surface area contributed by atoms with E-state index in [4.69, 9.17) is 28.9 Å². The number of sulfonamides is 1. The van der Waals surface area contributed by atoms with Gasteiger partial charge >= 0.3 is 0 Å². The zero-order valence-corrected chi connectivity index (χ0v) is 36.8. The van der Waals surface area contributed by atoms with Gasteiger partial charge in [-0.2, -0.15) is 4.31 Å². The number of para-hydroxylation sites is 1. The lowest BCUT2D eigenvalue weighted by Gasteiger charge is -2.59. The minimum atomic E-state index is -4.32. The summed E-state index contributed by atoms with van der Waals surface area (Å²) in [5.74, 6) is -1.67. The van der Waals surface area contributed by atoms with Gasteiger partial charge in [0.1, 0.15) is 22.1 Å². The van der Waals surface area contributed by atoms with E-state index in [1.54, 1.807) is 61.8 Å². The summed E-state index contributed by atoms with van der Waals surface area (Å²) in [6, 6.07) is 19.0. The van der Waals surface area contributed by atoms with Crippen molar-refractivity contribution < 1.29 is 47.3 Å². The Bertz CT molecular complexity index is 2490. The summed E-state index contributed by atoms with van der Waals surface area (Å²) in [6.45, 7) is 4.62. The van der Waals surface area contributed by atoms with E-state index in [0.717, 1.165) is 36.8 Å². The SMILES string of the molecule is C=CCOC12Oc3ccc(Oc4cccc([N+](=O)[O-])c4)cc3C3C(CCCCO)C(CCCCO)C=C(C(=NOC4CCCCO4)CC1N(C)S(=O)(=O)c1cccc4cccnc14)C32. The first-order chi connectivity index (χ1) is 31.1. The van der Waals surface area contributed by atoms with Crippen LogP contribution in [0.25, 0.3) is 10.9 Å². The van der Waals surface area contributed by atoms with E-state index >= 15 is 8.42 Å². The van der Waals surface area contributed by atoms with Crippen LogP contribution in [0.15, 0.2) is 113 Å². The van der Waals surface area contributed by atoms with Crippen LogP contribution in [0, 0.1) is 27.9 Å². The third-order valence-corrected chi connectivity index (χ3v) is 14.9. The first kappa shape index (κ1) is 45.3. The summed E-state index contributed by atoms with van der Waals surface area (Å²) < 4.78 is 58.3. The van der Waals surface area contributed by atoms with Gasteiger partial charge in [0.15, 0.2) is 0 Å². The second-order valence-electron chi connectivity index (χ2n) is 16.9. The van der Waals surface area contributed by atoms with Crippen LogP contribution in [0.5, 0.6) is 17.2 Å². The van der Waals surface area contributed by atoms with Gasteiger partial charge in [-0.3, -0.25) is 15.1 Å². The molecule has 2 aliphatic carbocycles. The Kier molecular flexibility index (Phi) is 14.1. The first-order valence-corrected chi connectivity index (χ1v) is 23.6. The molecule has 1 saturated carbocycles. The molecule has 7 unspecified atom stereocenters. The van der Waals surface area contributed by atoms with Crippen LogP contribution >= 0.6 is 0 Å². The number of aliphatic hydroxyl groups is 2. The van der Waals surface area contributed by atoms with Crippen molar-refractivity contribution in [2.24, 2.45) is 22.9 Å². The number of likely N-dealkylation sites (N-methyl/N-ethyl adjacent to an activating group) is 1. The lowest BCUT2D eigenvalue weighted by atomic mass is 9.55. The molecule has 4 aliphatic rings. The standard InChI is InChI=1S/C48H56N4O11S/c1-3-26-60-48-43(51(2)64(57,58)42-19-10-14-32-15-12-23-49-47(32)42)31-40(50-63-44-20-6-9-27-59-44)38-28-33(13-4-7-24-53)37(18-5-8-25-54)45(46(38)48)39-30-36(21-22-41(39)62-48)61-35-17-11-16-34(29-35)52(55)56/h3,10-12,14-17,19,21-23,28-30,33,37,43-46,53-54H,1,4-9,13,18,20,24-27,31H2,2H3. The highest BCUT2D eigenvalue weighted by Gasteiger charge is 2.66. The van der Waals surface area contributed by atoms with Gasteiger partial charge < -0.3 is 34.0 Å². The predicted octanol–water partition coefficient (Wildman–Crippen LogP) is 8.42. The summed E-state index contributed by atoms with van der Waals surface area (Å²) >= 11 is 0. The summed E-state index contributed by atoms with van der Waals surface area (Å²) in [6.07, 6.45) is 11.5. The number of oxime groups is 1. The van der Waals surface area contributed by atoms with Crippen LogP contribution in [0.2, 0.25) is 0 Å². The van der Waals surface area contributed by atoms with Crippen molar-refractivity contribution >= 4 is 32.3 Å². The zero-order valence-electron chi connectivity index (χ0n) is 36.0. The Morgan fingerprint density at radius 1 is 1.02 bits per heavy atom. The number of nitro benzene ring substituents is 1. The number of pyridine rings is 1. The van der Waals surface area contributed by atoms with Crippen molar-refractivity contribution in [2.45, 2.75) is 93.1 Å². The number of ether oxygens (including phenoxy) is 4. The minimum absolute atomic E-state index is 0.0218. The molecule has 15 nitrogen and oxygen atoms in total. The van der Waals surface area contributed by atoms with Gasteiger partial charge in [-0.25, -0.2) is 8.42 Å². The first-order valence-electron chi connectivity index (χ1n) is 22.2. The van der Waals surface area contributed by atoms with E-state index in [1.807, 2.05) is 18.2 Å². The highest BCUT2D eigenvalue weighted by atomic mass is 32.2. The average molecular weight is 897 g/mol. The quantitative estimate of drug-likeness (QED) is 0.0396. The molecule has 2 N–H and O–H groups in total. The zero-order chi connectivity index (χ0) is 44.8. The lowest BCUT2D eigenvalue weighted by Crippen LogP contribution is -2.69. The highest BCUT2D eigenvalue weighted by molar-refractivity contribution is 7.89. The summed E-state index contributed by atoms with van der Waals surface area (Å²) in [4.78, 5) is 21.9. The topological polar surface area (TPSA) is 192 Å². The Balaban J connectivity index is 1.34. The smallest absolute Gasteiger partial charge is 0.273 e. The van der Waals surface area contributed by atoms with Crippen LogP contribution in [0.4, 0.5) is 5.69 Å². The van der Waals surface area contributed by atoms with E-state index < -0.39 is 44.9 Å². The molecule has 1 aromatic heterocycles. The van der Waals surface area contributed by atoms with Crippen LogP contribution in [-0.4, -0.2) is 90.1 Å². The molecule has 7 atom stereocenters. The second-order valence-corrected chi connectivity index (χ2v) is 18.8. The van der Waals surface area contributed by atoms with Crippen LogP contribution in [0.3, 0.4) is 0 Å². The molecule has 0 spiro atoms. The molecular weight excluding hydrogens is 841 g/mol. The number of nitro groups is 1. The largest absolute Gasteiger partial charge is 0.460 e. The maximum atomic E-state index is 15.2. The summed E-state index contributed by atoms with van der Waals surface area (Å²) in [5.41, 5.74) is 2.36. The van der Waals surface area contributed by atoms with Crippen molar-refractivity contribution in [3.8, 4) is 17.2 Å². The molecule has 4 aromatic rings. The maximum Gasteiger partial charge on any atom is 0.273 e. The molecular formula is C48H56N4O11S. The second kappa shape index (κ2) is 19.9. The monoisotopic (exact) mass is 896 g/mol. The number of allylic oxidation sites excluding steroid dienone is 1. The van der Waals surface area contributed by atoms with Crippen molar-refractivity contribution in [3.05, 3.63) is 119 Å². The van der Waals surface area contributed by atoms with Gasteiger partial charge in [-0.15, -0.1) is 6.58 Å². The molecule has 3 heterocycles. The van der Waals surface area contributed by atoms with Gasteiger partial charge in [-0.1, -0.05) is 54.4 Å². The Hall–Kier alpha value is -5.23. The van der Waals surface area contributed by atoms with Gasteiger partial charge in [0.2, 0.25) is 22.1 Å². The molecule has 2 aliphatic heterocycles. The van der Waals surface area contributed by atoms with E-state index in [9.17, 15) is 20.3 Å². The molecule has 3 aromatic carbocycles. The molecule has 0 bridgehead atoms. The fourth-order valence-corrected chi connectivity index (χ4v) is 11.6. The fourth-order valence-electron chi connectivity index (χ4n) is 10.1. The number of non-ortho nitro benzene ring substituents is 1. The molecule has 64 heavy (non-hydrogen) atoms. The van der Waals surface area contributed by atoms with Crippen molar-refractivity contribution in [2.75, 3.05) is 33.5 Å². The third-order valence-electron chi connectivity index (χ3n) is 13.0. The van der Waals surface area contributed by atoms with Gasteiger partial charge in [-0.05, 0) is 92.3 Å². The fraction of sp³-hybridized carbons (Fsp3) is 0.458. The summed E-state index contributed by atoms with van der Waals surface area (Å²) in [7, 11) is -2.78. The number of fused-ring (bicyclic) bond motifs is 3. The normalized spacial score (nSPS) is 25.8. The third kappa shape index (κ3) is 9.04. The number of rotatable bonds is 19. The van der Waals surface area contributed by atoms with Crippen molar-refractivity contribution in [3.63, 3.8) is 0 Å². The Morgan fingerprint density at radius 2 is 1.80 bits per heavy atom. The molecule has 2 fully saturated rings. The number of benzene rings is 3. The Morgan fingerprint density at radius 3 is 2.56 bits per heavy atom. The van der Waals surface area contributed by atoms with E-state index in [0.29, 0.717) is 66.8 Å². The van der Waals surface area contributed by atoms with E-state index in [2.05, 4.69) is 17.6 Å². The van der Waals surface area contributed by atoms with E-state index in [-0.39, 0.29) is 54.4 Å². The van der Waals surface area contributed by atoms with Gasteiger partial charge in [0.05, 0.1) is 47.4 Å². The van der Waals surface area contributed by atoms with Crippen molar-refractivity contribution in [1.82, 2.24) is 9.29 Å². The maximum absolute atomic E-state index is 15.2. The molecule has 0 amide bonds. The number of hydrogen-bond acceptors (Lipinski definition) is 13. The molecule has 1 saturated heterocycles. The van der Waals surface area contributed by atoms with Gasteiger partial charge in [0, 0.05) is 62.2 Å². The molecule has 0 radical (unpaired) electrons. The number of aliphatic hydroxyl groups excluding tert-OH is 2. The number of hydrogen-bond donors (Lipinski definition) is 2. The predicted molar refractivity (Wildman–Crippen MR) is 239 cm³/mol. The number of nitrogens with zero attached hydrogens (tertiary/aromatic N) is 4. The number of aromatic nitrogens is 1. The Labute approximate surface area is 373 Å². The molecule has 8 rings (SSSR count). The average Bonchev–Trinajstić information content (AvgIpc) is 3.31. The highest BCUT2D eigenvalue weighted by Crippen LogP contribution is 2.62. The van der Waals surface area contributed by atoms with E-state index in [1.165, 1.54) is 16.4 Å². The van der Waals surface area contributed by atoms with Gasteiger partial charge in [0.25, 0.3) is 5.69 Å².